The van der Waals surface area contributed by atoms with Crippen molar-refractivity contribution in [3.05, 3.63) is 22.4 Å². The van der Waals surface area contributed by atoms with Crippen molar-refractivity contribution in [2.24, 2.45) is 0 Å². The van der Waals surface area contributed by atoms with Gasteiger partial charge < -0.3 is 10.6 Å². The number of ether oxygens (including phenoxy) is 1. The van der Waals surface area contributed by atoms with Crippen molar-refractivity contribution in [1.29, 1.82) is 0 Å². The minimum absolute atomic E-state index is 0.319. The van der Waals surface area contributed by atoms with Crippen LogP contribution in [0.5, 0.6) is 0 Å². The fourth-order valence-corrected chi connectivity index (χ4v) is 1.02. The van der Waals surface area contributed by atoms with E-state index < -0.39 is 5.97 Å². The van der Waals surface area contributed by atoms with E-state index in [1.807, 2.05) is 0 Å². The van der Waals surface area contributed by atoms with Crippen LogP contribution in [0.25, 0.3) is 0 Å². The molecule has 0 aliphatic carbocycles. The van der Waals surface area contributed by atoms with E-state index in [0.717, 1.165) is 0 Å². The molecule has 0 aromatic carbocycles. The lowest BCUT2D eigenvalue weighted by atomic mass is 10.4. The molecule has 1 aromatic rings. The maximum atomic E-state index is 10.9. The Bertz CT molecular complexity index is 282. The van der Waals surface area contributed by atoms with Crippen molar-refractivity contribution in [2.75, 3.05) is 13.0 Å². The molecule has 0 radical (unpaired) electrons. The molecule has 60 valence electrons. The second-order valence-electron chi connectivity index (χ2n) is 1.90. The third-order valence-corrected chi connectivity index (χ3v) is 1.91. The fraction of sp³-hybridized carbons (Fsp3) is 0.167. The number of carbonyl (C=O) groups excluding carboxylic acids is 1. The maximum absolute atomic E-state index is 10.9. The van der Waals surface area contributed by atoms with Gasteiger partial charge in [0.15, 0.2) is 0 Å². The Balaban J connectivity index is 3.04. The van der Waals surface area contributed by atoms with Crippen molar-refractivity contribution in [3.63, 3.8) is 0 Å². The van der Waals surface area contributed by atoms with Crippen LogP contribution in [-0.4, -0.2) is 17.8 Å². The summed E-state index contributed by atoms with van der Waals surface area (Å²) in [6.45, 7) is 0. The molecule has 1 aromatic heterocycles. The third kappa shape index (κ3) is 1.37. The third-order valence-electron chi connectivity index (χ3n) is 1.26. The summed E-state index contributed by atoms with van der Waals surface area (Å²) in [7, 11) is 1.31. The number of halogens is 1. The molecule has 0 saturated carbocycles. The number of carbonyl (C=O) groups is 1. The van der Waals surface area contributed by atoms with E-state index in [-0.39, 0.29) is 0 Å². The molecule has 1 heterocycles. The van der Waals surface area contributed by atoms with Gasteiger partial charge >= 0.3 is 5.97 Å². The van der Waals surface area contributed by atoms with Crippen LogP contribution < -0.4 is 5.84 Å². The van der Waals surface area contributed by atoms with Crippen LogP contribution in [-0.2, 0) is 4.74 Å². The van der Waals surface area contributed by atoms with Crippen LogP contribution in [0.1, 0.15) is 10.5 Å². The Morgan fingerprint density at radius 1 is 1.73 bits per heavy atom. The average molecular weight is 219 g/mol. The smallest absolute Gasteiger partial charge is 0.356 e. The quantitative estimate of drug-likeness (QED) is 0.560. The Morgan fingerprint density at radius 2 is 2.36 bits per heavy atom. The summed E-state index contributed by atoms with van der Waals surface area (Å²) in [5.74, 6) is 5.00. The lowest BCUT2D eigenvalue weighted by Gasteiger charge is -2.00. The maximum Gasteiger partial charge on any atom is 0.356 e. The Kier molecular flexibility index (Phi) is 2.19. The highest BCUT2D eigenvalue weighted by Gasteiger charge is 2.11. The number of esters is 1. The second-order valence-corrected chi connectivity index (χ2v) is 2.72. The fourth-order valence-electron chi connectivity index (χ4n) is 0.694. The SMILES string of the molecule is COC(=O)c1ccc(Br)n1N. The van der Waals surface area contributed by atoms with Gasteiger partial charge in [-0.1, -0.05) is 0 Å². The van der Waals surface area contributed by atoms with Crippen LogP contribution in [0.4, 0.5) is 0 Å². The van der Waals surface area contributed by atoms with Gasteiger partial charge in [0.1, 0.15) is 10.3 Å². The Hall–Kier alpha value is -0.970. The first-order chi connectivity index (χ1) is 5.16. The first kappa shape index (κ1) is 8.13. The highest BCUT2D eigenvalue weighted by molar-refractivity contribution is 9.10. The average Bonchev–Trinajstić information content (AvgIpc) is 2.32. The summed E-state index contributed by atoms with van der Waals surface area (Å²) in [5.41, 5.74) is 0.319. The predicted molar refractivity (Wildman–Crippen MR) is 43.6 cm³/mol. The van der Waals surface area contributed by atoms with E-state index in [9.17, 15) is 4.79 Å². The van der Waals surface area contributed by atoms with Gasteiger partial charge in [0.05, 0.1) is 7.11 Å². The van der Waals surface area contributed by atoms with Crippen LogP contribution in [0.15, 0.2) is 16.7 Å². The molecule has 0 fully saturated rings. The largest absolute Gasteiger partial charge is 0.464 e. The molecular weight excluding hydrogens is 212 g/mol. The summed E-state index contributed by atoms with van der Waals surface area (Å²) in [5, 5.41) is 0. The van der Waals surface area contributed by atoms with E-state index in [0.29, 0.717) is 10.3 Å². The summed E-state index contributed by atoms with van der Waals surface area (Å²) < 4.78 is 6.32. The van der Waals surface area contributed by atoms with Gasteiger partial charge in [0, 0.05) is 0 Å². The monoisotopic (exact) mass is 218 g/mol. The standard InChI is InChI=1S/C6H7BrN2O2/c1-11-6(10)4-2-3-5(7)9(4)8/h2-3H,8H2,1H3. The number of methoxy groups -OCH3 is 1. The van der Waals surface area contributed by atoms with Crippen LogP contribution in [0.3, 0.4) is 0 Å². The molecule has 0 unspecified atom stereocenters. The molecule has 0 atom stereocenters. The van der Waals surface area contributed by atoms with Gasteiger partial charge in [-0.15, -0.1) is 0 Å². The highest BCUT2D eigenvalue weighted by atomic mass is 79.9. The van der Waals surface area contributed by atoms with Gasteiger partial charge in [0.2, 0.25) is 0 Å². The van der Waals surface area contributed by atoms with Gasteiger partial charge in [-0.25, -0.2) is 9.47 Å². The number of nitrogens with two attached hydrogens (primary N) is 1. The van der Waals surface area contributed by atoms with Gasteiger partial charge in [-0.3, -0.25) is 0 Å². The number of hydrogen-bond donors (Lipinski definition) is 1. The van der Waals surface area contributed by atoms with E-state index in [1.54, 1.807) is 12.1 Å². The normalized spacial score (nSPS) is 9.64. The number of aromatic nitrogens is 1. The summed E-state index contributed by atoms with van der Waals surface area (Å²) >= 11 is 3.14. The van der Waals surface area contributed by atoms with E-state index in [1.165, 1.54) is 11.8 Å². The molecule has 0 saturated heterocycles. The molecule has 2 N–H and O–H groups in total. The van der Waals surface area contributed by atoms with E-state index in [2.05, 4.69) is 20.7 Å². The van der Waals surface area contributed by atoms with Crippen LogP contribution in [0.2, 0.25) is 0 Å². The predicted octanol–water partition coefficient (Wildman–Crippen LogP) is 0.751. The van der Waals surface area contributed by atoms with Crippen molar-refractivity contribution in [2.45, 2.75) is 0 Å². The molecular formula is C6H7BrN2O2. The zero-order valence-electron chi connectivity index (χ0n) is 5.87. The molecule has 5 heteroatoms. The summed E-state index contributed by atoms with van der Waals surface area (Å²) in [6.07, 6.45) is 0. The number of nitrogens with zero attached hydrogens (tertiary/aromatic N) is 1. The lowest BCUT2D eigenvalue weighted by Crippen LogP contribution is -2.17. The first-order valence-electron chi connectivity index (χ1n) is 2.87. The minimum atomic E-state index is -0.446. The topological polar surface area (TPSA) is 57.2 Å². The zero-order valence-corrected chi connectivity index (χ0v) is 7.46. The van der Waals surface area contributed by atoms with Crippen molar-refractivity contribution >= 4 is 21.9 Å². The van der Waals surface area contributed by atoms with Gasteiger partial charge in [-0.2, -0.15) is 0 Å². The number of hydrogen-bond acceptors (Lipinski definition) is 3. The molecule has 4 nitrogen and oxygen atoms in total. The van der Waals surface area contributed by atoms with Crippen LogP contribution >= 0.6 is 15.9 Å². The molecule has 0 amide bonds. The van der Waals surface area contributed by atoms with Crippen molar-refractivity contribution in [1.82, 2.24) is 4.68 Å². The first-order valence-corrected chi connectivity index (χ1v) is 3.66. The minimum Gasteiger partial charge on any atom is -0.464 e. The molecule has 11 heavy (non-hydrogen) atoms. The van der Waals surface area contributed by atoms with E-state index >= 15 is 0 Å². The van der Waals surface area contributed by atoms with Gasteiger partial charge in [-0.05, 0) is 28.1 Å². The molecule has 0 aliphatic heterocycles. The Labute approximate surface area is 72.0 Å². The molecule has 0 spiro atoms. The van der Waals surface area contributed by atoms with Crippen LogP contribution in [0, 0.1) is 0 Å². The van der Waals surface area contributed by atoms with Gasteiger partial charge in [0.25, 0.3) is 0 Å². The zero-order chi connectivity index (χ0) is 8.43. The van der Waals surface area contributed by atoms with Crippen molar-refractivity contribution in [3.8, 4) is 0 Å². The number of nitrogen functional groups attached to an aromatic ring is 1. The van der Waals surface area contributed by atoms with Crippen molar-refractivity contribution < 1.29 is 9.53 Å². The molecule has 0 bridgehead atoms. The molecule has 0 aliphatic rings. The lowest BCUT2D eigenvalue weighted by molar-refractivity contribution is 0.0590. The Morgan fingerprint density at radius 3 is 2.73 bits per heavy atom. The summed E-state index contributed by atoms with van der Waals surface area (Å²) in [6, 6.07) is 3.25. The summed E-state index contributed by atoms with van der Waals surface area (Å²) in [4.78, 5) is 10.9. The highest BCUT2D eigenvalue weighted by Crippen LogP contribution is 2.12. The molecule has 1 rings (SSSR count). The van der Waals surface area contributed by atoms with E-state index in [4.69, 9.17) is 5.84 Å². The number of rotatable bonds is 1. The second kappa shape index (κ2) is 2.96.